The molecule has 2 aromatic rings. The summed E-state index contributed by atoms with van der Waals surface area (Å²) in [5.41, 5.74) is 1.70. The van der Waals surface area contributed by atoms with Gasteiger partial charge in [0.15, 0.2) is 6.61 Å². The number of halogens is 1. The molecule has 2 rings (SSSR count). The molecule has 0 atom stereocenters. The number of carbonyl (C=O) groups is 2. The Labute approximate surface area is 143 Å². The Hall–Kier alpha value is -2.34. The molecule has 0 saturated carbocycles. The van der Waals surface area contributed by atoms with E-state index in [1.165, 1.54) is 0 Å². The standard InChI is InChI=1S/C17H17BrN2O3/c1-12-9-13(7-8-15(12)18)20-16(21)10-19-17(22)11-23-14-5-3-2-4-6-14/h2-9H,10-11H2,1H3,(H,19,22)(H,20,21). The van der Waals surface area contributed by atoms with Crippen LogP contribution in [0.25, 0.3) is 0 Å². The third-order valence-electron chi connectivity index (χ3n) is 3.00. The summed E-state index contributed by atoms with van der Waals surface area (Å²) in [4.78, 5) is 23.5. The maximum absolute atomic E-state index is 11.8. The molecule has 0 spiro atoms. The van der Waals surface area contributed by atoms with Crippen molar-refractivity contribution >= 4 is 33.4 Å². The maximum Gasteiger partial charge on any atom is 0.258 e. The first kappa shape index (κ1) is 17.0. The molecule has 120 valence electrons. The smallest absolute Gasteiger partial charge is 0.258 e. The van der Waals surface area contributed by atoms with Gasteiger partial charge >= 0.3 is 0 Å². The molecule has 23 heavy (non-hydrogen) atoms. The van der Waals surface area contributed by atoms with E-state index in [4.69, 9.17) is 4.74 Å². The van der Waals surface area contributed by atoms with Crippen molar-refractivity contribution in [2.75, 3.05) is 18.5 Å². The van der Waals surface area contributed by atoms with Crippen molar-refractivity contribution < 1.29 is 14.3 Å². The van der Waals surface area contributed by atoms with E-state index in [1.54, 1.807) is 18.2 Å². The van der Waals surface area contributed by atoms with Crippen LogP contribution in [0.4, 0.5) is 5.69 Å². The molecule has 0 heterocycles. The molecule has 0 fully saturated rings. The van der Waals surface area contributed by atoms with Crippen molar-refractivity contribution in [3.8, 4) is 5.75 Å². The SMILES string of the molecule is Cc1cc(NC(=O)CNC(=O)COc2ccccc2)ccc1Br. The lowest BCUT2D eigenvalue weighted by atomic mass is 10.2. The molecule has 0 aliphatic carbocycles. The number of aryl methyl sites for hydroxylation is 1. The second-order valence-electron chi connectivity index (χ2n) is 4.89. The van der Waals surface area contributed by atoms with Gasteiger partial charge in [0.05, 0.1) is 6.54 Å². The number of benzene rings is 2. The van der Waals surface area contributed by atoms with Gasteiger partial charge in [-0.15, -0.1) is 0 Å². The Morgan fingerprint density at radius 2 is 1.83 bits per heavy atom. The highest BCUT2D eigenvalue weighted by atomic mass is 79.9. The minimum atomic E-state index is -0.351. The quantitative estimate of drug-likeness (QED) is 0.814. The molecule has 2 N–H and O–H groups in total. The molecule has 2 aromatic carbocycles. The van der Waals surface area contributed by atoms with Crippen LogP contribution in [0.3, 0.4) is 0 Å². The Balaban J connectivity index is 1.73. The first-order valence-corrected chi connectivity index (χ1v) is 7.84. The molecule has 0 unspecified atom stereocenters. The number of amides is 2. The van der Waals surface area contributed by atoms with Gasteiger partial charge in [-0.25, -0.2) is 0 Å². The Morgan fingerprint density at radius 3 is 2.52 bits per heavy atom. The fraction of sp³-hybridized carbons (Fsp3) is 0.176. The van der Waals surface area contributed by atoms with E-state index >= 15 is 0 Å². The van der Waals surface area contributed by atoms with E-state index in [1.807, 2.05) is 37.3 Å². The first-order valence-electron chi connectivity index (χ1n) is 7.05. The van der Waals surface area contributed by atoms with Gasteiger partial charge in [0, 0.05) is 10.2 Å². The topological polar surface area (TPSA) is 67.4 Å². The zero-order chi connectivity index (χ0) is 16.7. The summed E-state index contributed by atoms with van der Waals surface area (Å²) in [5, 5.41) is 5.24. The normalized spacial score (nSPS) is 10.0. The van der Waals surface area contributed by atoms with Crippen LogP contribution in [0.5, 0.6) is 5.75 Å². The third kappa shape index (κ3) is 5.75. The second-order valence-corrected chi connectivity index (χ2v) is 5.74. The average Bonchev–Trinajstić information content (AvgIpc) is 2.55. The van der Waals surface area contributed by atoms with Crippen LogP contribution in [0, 0.1) is 6.92 Å². The lowest BCUT2D eigenvalue weighted by molar-refractivity contribution is -0.125. The predicted molar refractivity (Wildman–Crippen MR) is 92.5 cm³/mol. The molecule has 0 bridgehead atoms. The summed E-state index contributed by atoms with van der Waals surface area (Å²) in [6.07, 6.45) is 0. The van der Waals surface area contributed by atoms with Gasteiger partial charge in [-0.3, -0.25) is 9.59 Å². The number of carbonyl (C=O) groups excluding carboxylic acids is 2. The number of anilines is 1. The number of hydrogen-bond acceptors (Lipinski definition) is 3. The van der Waals surface area contributed by atoms with Crippen molar-refractivity contribution in [2.45, 2.75) is 6.92 Å². The van der Waals surface area contributed by atoms with Gasteiger partial charge in [0.25, 0.3) is 5.91 Å². The number of para-hydroxylation sites is 1. The fourth-order valence-electron chi connectivity index (χ4n) is 1.82. The van der Waals surface area contributed by atoms with E-state index in [0.29, 0.717) is 11.4 Å². The average molecular weight is 377 g/mol. The Kier molecular flexibility index (Phi) is 6.17. The van der Waals surface area contributed by atoms with Gasteiger partial charge in [-0.1, -0.05) is 34.1 Å². The molecule has 0 aliphatic rings. The largest absolute Gasteiger partial charge is 0.484 e. The molecule has 5 nitrogen and oxygen atoms in total. The van der Waals surface area contributed by atoms with Crippen LogP contribution in [-0.4, -0.2) is 25.0 Å². The van der Waals surface area contributed by atoms with Gasteiger partial charge < -0.3 is 15.4 Å². The lowest BCUT2D eigenvalue weighted by Crippen LogP contribution is -2.35. The second kappa shape index (κ2) is 8.33. The molecular formula is C17H17BrN2O3. The molecule has 6 heteroatoms. The fourth-order valence-corrected chi connectivity index (χ4v) is 2.07. The molecule has 0 radical (unpaired) electrons. The van der Waals surface area contributed by atoms with Crippen molar-refractivity contribution in [3.05, 3.63) is 58.6 Å². The van der Waals surface area contributed by atoms with Crippen LogP contribution in [0.1, 0.15) is 5.56 Å². The van der Waals surface area contributed by atoms with Crippen molar-refractivity contribution in [2.24, 2.45) is 0 Å². The van der Waals surface area contributed by atoms with E-state index in [-0.39, 0.29) is 25.0 Å². The van der Waals surface area contributed by atoms with Crippen molar-refractivity contribution in [3.63, 3.8) is 0 Å². The Bertz CT molecular complexity index is 689. The summed E-state index contributed by atoms with van der Waals surface area (Å²) >= 11 is 3.40. The summed E-state index contributed by atoms with van der Waals surface area (Å²) in [6.45, 7) is 1.70. The molecular weight excluding hydrogens is 360 g/mol. The number of ether oxygens (including phenoxy) is 1. The summed E-state index contributed by atoms with van der Waals surface area (Å²) in [6, 6.07) is 14.5. The molecule has 0 saturated heterocycles. The van der Waals surface area contributed by atoms with E-state index < -0.39 is 0 Å². The highest BCUT2D eigenvalue weighted by Crippen LogP contribution is 2.19. The zero-order valence-electron chi connectivity index (χ0n) is 12.6. The predicted octanol–water partition coefficient (Wildman–Crippen LogP) is 2.89. The minimum absolute atomic E-state index is 0.105. The summed E-state index contributed by atoms with van der Waals surface area (Å²) < 4.78 is 6.27. The van der Waals surface area contributed by atoms with Gasteiger partial charge in [0.1, 0.15) is 5.75 Å². The Morgan fingerprint density at radius 1 is 1.09 bits per heavy atom. The summed E-state index contributed by atoms with van der Waals surface area (Å²) in [5.74, 6) is -0.0341. The summed E-state index contributed by atoms with van der Waals surface area (Å²) in [7, 11) is 0. The highest BCUT2D eigenvalue weighted by molar-refractivity contribution is 9.10. The number of hydrogen-bond donors (Lipinski definition) is 2. The van der Waals surface area contributed by atoms with Crippen LogP contribution < -0.4 is 15.4 Å². The monoisotopic (exact) mass is 376 g/mol. The first-order chi connectivity index (χ1) is 11.0. The van der Waals surface area contributed by atoms with Crippen molar-refractivity contribution in [1.29, 1.82) is 0 Å². The lowest BCUT2D eigenvalue weighted by Gasteiger charge is -2.09. The molecule has 2 amide bonds. The van der Waals surface area contributed by atoms with Crippen LogP contribution >= 0.6 is 15.9 Å². The minimum Gasteiger partial charge on any atom is -0.484 e. The molecule has 0 aliphatic heterocycles. The van der Waals surface area contributed by atoms with E-state index in [2.05, 4.69) is 26.6 Å². The van der Waals surface area contributed by atoms with Crippen LogP contribution in [0.2, 0.25) is 0 Å². The van der Waals surface area contributed by atoms with Crippen LogP contribution in [0.15, 0.2) is 53.0 Å². The van der Waals surface area contributed by atoms with Gasteiger partial charge in [-0.05, 0) is 42.8 Å². The van der Waals surface area contributed by atoms with Crippen molar-refractivity contribution in [1.82, 2.24) is 5.32 Å². The van der Waals surface area contributed by atoms with Gasteiger partial charge in [0.2, 0.25) is 5.91 Å². The number of nitrogens with one attached hydrogen (secondary N) is 2. The van der Waals surface area contributed by atoms with E-state index in [9.17, 15) is 9.59 Å². The zero-order valence-corrected chi connectivity index (χ0v) is 14.2. The van der Waals surface area contributed by atoms with Crippen LogP contribution in [-0.2, 0) is 9.59 Å². The van der Waals surface area contributed by atoms with Gasteiger partial charge in [-0.2, -0.15) is 0 Å². The third-order valence-corrected chi connectivity index (χ3v) is 3.89. The number of rotatable bonds is 6. The highest BCUT2D eigenvalue weighted by Gasteiger charge is 2.07. The molecule has 0 aromatic heterocycles. The van der Waals surface area contributed by atoms with E-state index in [0.717, 1.165) is 10.0 Å². The maximum atomic E-state index is 11.8.